The van der Waals surface area contributed by atoms with Crippen LogP contribution in [0.3, 0.4) is 0 Å². The molecule has 0 amide bonds. The highest BCUT2D eigenvalue weighted by atomic mass is 32.5. The van der Waals surface area contributed by atoms with Gasteiger partial charge in [-0.05, 0) is 18.2 Å². The Morgan fingerprint density at radius 1 is 1.05 bits per heavy atom. The molecule has 0 aromatic carbocycles. The lowest BCUT2D eigenvalue weighted by molar-refractivity contribution is -0.185. The first kappa shape index (κ1) is 27.4. The van der Waals surface area contributed by atoms with Crippen LogP contribution < -0.4 is 17.0 Å². The van der Waals surface area contributed by atoms with E-state index in [0.717, 1.165) is 0 Å². The molecule has 0 saturated carbocycles. The molecule has 228 valence electrons. The minimum atomic E-state index is -4.05. The maximum absolute atomic E-state index is 12.3. The third kappa shape index (κ3) is 4.21. The Kier molecular flexibility index (Phi) is 6.15. The number of imidazole rings is 2. The summed E-state index contributed by atoms with van der Waals surface area (Å²) >= 11 is 5.37. The number of rotatable bonds is 2. The standard InChI is InChI=1S/C22H25N10O9PS/c23-14-9-15(26-5-25-14)31(6-27-9)19-12-8-1-2-36-20-11(33)13(41-42(35,43)38-4-22(8,40-19)3-37-12)18(39-20)32-7-28-10-16(32)29-21(24)30-17(10)34/h5-8,11-13,18-20,33H,1-4H2,(H,35,43)(H2,23,25,26)(H3,24,29,30,34)/t8?,11?,12?,13?,18?,19?,20?,22-,42?/m1/s1. The highest BCUT2D eigenvalue weighted by Crippen LogP contribution is 2.56. The number of anilines is 2. The first-order valence-corrected chi connectivity index (χ1v) is 15.8. The van der Waals surface area contributed by atoms with Gasteiger partial charge in [-0.2, -0.15) is 4.98 Å². The molecule has 4 bridgehead atoms. The topological polar surface area (TPSA) is 255 Å². The van der Waals surface area contributed by atoms with Crippen molar-refractivity contribution in [1.29, 1.82) is 0 Å². The highest BCUT2D eigenvalue weighted by molar-refractivity contribution is 8.07. The molecular formula is C22H25N10O9PS. The van der Waals surface area contributed by atoms with Crippen molar-refractivity contribution in [3.63, 3.8) is 0 Å². The molecule has 8 unspecified atom stereocenters. The van der Waals surface area contributed by atoms with Crippen LogP contribution in [0.1, 0.15) is 18.9 Å². The van der Waals surface area contributed by atoms with Gasteiger partial charge in [-0.25, -0.2) is 19.9 Å². The molecule has 8 rings (SSSR count). The van der Waals surface area contributed by atoms with Gasteiger partial charge >= 0.3 is 6.72 Å². The Balaban J connectivity index is 1.11. The molecule has 21 heteroatoms. The second-order valence-corrected chi connectivity index (χ2v) is 13.5. The number of ether oxygens (including phenoxy) is 4. The van der Waals surface area contributed by atoms with Gasteiger partial charge in [-0.15, -0.1) is 0 Å². The van der Waals surface area contributed by atoms with E-state index in [4.69, 9.17) is 51.3 Å². The highest BCUT2D eigenvalue weighted by Gasteiger charge is 2.63. The van der Waals surface area contributed by atoms with Crippen LogP contribution >= 0.6 is 6.72 Å². The van der Waals surface area contributed by atoms with Crippen molar-refractivity contribution in [3.8, 4) is 0 Å². The number of nitrogen functional groups attached to an aromatic ring is 2. The molecule has 7 N–H and O–H groups in total. The Morgan fingerprint density at radius 2 is 1.84 bits per heavy atom. The second-order valence-electron chi connectivity index (χ2n) is 10.7. The van der Waals surface area contributed by atoms with Crippen molar-refractivity contribution in [1.82, 2.24) is 39.0 Å². The largest absolute Gasteiger partial charge is 0.385 e. The Bertz CT molecular complexity index is 1850. The lowest BCUT2D eigenvalue weighted by Gasteiger charge is -2.34. The lowest BCUT2D eigenvalue weighted by Crippen LogP contribution is -2.43. The average Bonchev–Trinajstić information content (AvgIpc) is 3.77. The van der Waals surface area contributed by atoms with Crippen LogP contribution in [0.5, 0.6) is 0 Å². The SMILES string of the molecule is Nc1nc2c(ncn2C2OC3OCCC4C5OC[C@]4(COP(O)(=S)OC2C3O)OC5n2cnc3c(N)ncnc32)c(=O)[nH]1. The van der Waals surface area contributed by atoms with E-state index < -0.39 is 54.9 Å². The van der Waals surface area contributed by atoms with Gasteiger partial charge in [0.2, 0.25) is 5.95 Å². The van der Waals surface area contributed by atoms with Crippen molar-refractivity contribution < 1.29 is 38.0 Å². The Hall–Kier alpha value is -3.17. The van der Waals surface area contributed by atoms with Crippen molar-refractivity contribution in [2.24, 2.45) is 5.92 Å². The maximum Gasteiger partial charge on any atom is 0.325 e. The molecule has 4 aromatic heterocycles. The van der Waals surface area contributed by atoms with Crippen LogP contribution in [0.25, 0.3) is 22.3 Å². The van der Waals surface area contributed by atoms with Crippen LogP contribution in [-0.2, 0) is 39.8 Å². The number of H-pyrrole nitrogens is 1. The van der Waals surface area contributed by atoms with Crippen molar-refractivity contribution in [2.45, 2.75) is 49.1 Å². The van der Waals surface area contributed by atoms with E-state index in [9.17, 15) is 14.8 Å². The third-order valence-corrected chi connectivity index (χ3v) is 9.76. The van der Waals surface area contributed by atoms with Gasteiger partial charge in [0.15, 0.2) is 41.4 Å². The van der Waals surface area contributed by atoms with Gasteiger partial charge in [0.1, 0.15) is 35.8 Å². The predicted molar refractivity (Wildman–Crippen MR) is 146 cm³/mol. The smallest absolute Gasteiger partial charge is 0.325 e. The fourth-order valence-electron chi connectivity index (χ4n) is 6.26. The minimum Gasteiger partial charge on any atom is -0.385 e. The second kappa shape index (κ2) is 9.66. The van der Waals surface area contributed by atoms with E-state index in [1.165, 1.54) is 17.2 Å². The van der Waals surface area contributed by atoms with Crippen LogP contribution in [-0.4, -0.2) is 99.1 Å². The van der Waals surface area contributed by atoms with Crippen molar-refractivity contribution in [3.05, 3.63) is 29.3 Å². The van der Waals surface area contributed by atoms with Gasteiger partial charge in [-0.3, -0.25) is 23.4 Å². The molecule has 19 nitrogen and oxygen atoms in total. The average molecular weight is 637 g/mol. The number of nitrogens with two attached hydrogens (primary N) is 2. The molecule has 0 spiro atoms. The normalized spacial score (nSPS) is 37.9. The van der Waals surface area contributed by atoms with Gasteiger partial charge in [0.05, 0.1) is 32.5 Å². The van der Waals surface area contributed by atoms with E-state index in [1.54, 1.807) is 10.9 Å². The quantitative estimate of drug-likeness (QED) is 0.160. The van der Waals surface area contributed by atoms with Gasteiger partial charge in [-0.1, -0.05) is 0 Å². The summed E-state index contributed by atoms with van der Waals surface area (Å²) in [5.41, 5.74) is 11.1. The maximum atomic E-state index is 12.3. The number of nitrogens with one attached hydrogen (secondary N) is 1. The summed E-state index contributed by atoms with van der Waals surface area (Å²) in [5.74, 6) is -0.204. The summed E-state index contributed by atoms with van der Waals surface area (Å²) in [6.45, 7) is -3.94. The summed E-state index contributed by atoms with van der Waals surface area (Å²) in [6, 6.07) is 0. The van der Waals surface area contributed by atoms with E-state index in [0.29, 0.717) is 17.6 Å². The van der Waals surface area contributed by atoms with Crippen molar-refractivity contribution >= 4 is 52.6 Å². The van der Waals surface area contributed by atoms with Gasteiger partial charge in [0.25, 0.3) is 5.56 Å². The molecule has 4 aliphatic heterocycles. The summed E-state index contributed by atoms with van der Waals surface area (Å²) in [6.07, 6.45) is -1.58. The van der Waals surface area contributed by atoms with Crippen LogP contribution in [0.2, 0.25) is 0 Å². The van der Waals surface area contributed by atoms with Crippen LogP contribution in [0.15, 0.2) is 23.8 Å². The molecule has 43 heavy (non-hydrogen) atoms. The van der Waals surface area contributed by atoms with E-state index in [-0.39, 0.29) is 48.7 Å². The molecule has 4 aromatic rings. The number of hydrogen-bond donors (Lipinski definition) is 5. The number of aromatic nitrogens is 8. The zero-order chi connectivity index (χ0) is 29.7. The van der Waals surface area contributed by atoms with Gasteiger partial charge < -0.3 is 44.9 Å². The van der Waals surface area contributed by atoms with E-state index in [2.05, 4.69) is 29.9 Å². The number of nitrogens with zero attached hydrogens (tertiary/aromatic N) is 7. The van der Waals surface area contributed by atoms with E-state index in [1.807, 2.05) is 0 Å². The molecule has 4 fully saturated rings. The summed E-state index contributed by atoms with van der Waals surface area (Å²) in [5, 5.41) is 11.2. The Morgan fingerprint density at radius 3 is 2.67 bits per heavy atom. The molecule has 4 saturated heterocycles. The zero-order valence-electron chi connectivity index (χ0n) is 22.0. The molecule has 9 atom stereocenters. The fourth-order valence-corrected chi connectivity index (χ4v) is 7.70. The molecule has 4 aliphatic rings. The zero-order valence-corrected chi connectivity index (χ0v) is 23.7. The number of aliphatic hydroxyl groups is 1. The monoisotopic (exact) mass is 636 g/mol. The lowest BCUT2D eigenvalue weighted by atomic mass is 9.87. The number of aliphatic hydroxyl groups excluding tert-OH is 1. The molecular weight excluding hydrogens is 611 g/mol. The molecule has 8 heterocycles. The predicted octanol–water partition coefficient (Wildman–Crippen LogP) is -1.34. The molecule has 0 aliphatic carbocycles. The van der Waals surface area contributed by atoms with E-state index >= 15 is 0 Å². The first-order chi connectivity index (χ1) is 20.6. The van der Waals surface area contributed by atoms with Crippen LogP contribution in [0, 0.1) is 5.92 Å². The Labute approximate surface area is 245 Å². The summed E-state index contributed by atoms with van der Waals surface area (Å²) in [7, 11) is 0. The number of aromatic amines is 1. The molecule has 0 radical (unpaired) electrons. The third-order valence-electron chi connectivity index (χ3n) is 8.22. The van der Waals surface area contributed by atoms with Gasteiger partial charge in [0, 0.05) is 5.92 Å². The summed E-state index contributed by atoms with van der Waals surface area (Å²) in [4.78, 5) is 46.8. The number of hydrogen-bond acceptors (Lipinski definition) is 16. The summed E-state index contributed by atoms with van der Waals surface area (Å²) < 4.78 is 39.6. The van der Waals surface area contributed by atoms with Crippen LogP contribution in [0.4, 0.5) is 11.8 Å². The fraction of sp³-hybridized carbons (Fsp3) is 0.545. The minimum absolute atomic E-state index is 0.0116. The first-order valence-electron chi connectivity index (χ1n) is 13.2. The number of fused-ring (bicyclic) bond motifs is 4. The van der Waals surface area contributed by atoms with Crippen molar-refractivity contribution in [2.75, 3.05) is 31.3 Å².